The number of alkyl halides is 2. The summed E-state index contributed by atoms with van der Waals surface area (Å²) < 4.78 is 27.3. The Morgan fingerprint density at radius 1 is 1.28 bits per heavy atom. The first-order valence-corrected chi connectivity index (χ1v) is 11.3. The Morgan fingerprint density at radius 3 is 2.56 bits per heavy atom. The number of aliphatic imine (C=N–C) groups is 1. The lowest BCUT2D eigenvalue weighted by molar-refractivity contribution is 0.0984. The van der Waals surface area contributed by atoms with Gasteiger partial charge in [0.05, 0.1) is 17.7 Å². The van der Waals surface area contributed by atoms with E-state index in [4.69, 9.17) is 17.3 Å². The van der Waals surface area contributed by atoms with Gasteiger partial charge in [-0.1, -0.05) is 33.0 Å². The van der Waals surface area contributed by atoms with Gasteiger partial charge in [0.1, 0.15) is 17.5 Å². The maximum atomic E-state index is 13.7. The van der Waals surface area contributed by atoms with Crippen molar-refractivity contribution in [1.82, 2.24) is 4.98 Å². The first-order valence-electron chi connectivity index (χ1n) is 10.4. The molecule has 0 fully saturated rings. The summed E-state index contributed by atoms with van der Waals surface area (Å²) in [6.45, 7) is 0.100. The van der Waals surface area contributed by atoms with Crippen molar-refractivity contribution in [3.8, 4) is 11.8 Å². The molecule has 0 aliphatic carbocycles. The summed E-state index contributed by atoms with van der Waals surface area (Å²) in [5.74, 6) is -0.810. The third kappa shape index (κ3) is 6.42. The van der Waals surface area contributed by atoms with E-state index in [2.05, 4.69) is 9.98 Å². The van der Waals surface area contributed by atoms with E-state index in [1.165, 1.54) is 57.8 Å². The van der Waals surface area contributed by atoms with Crippen molar-refractivity contribution in [2.75, 3.05) is 11.9 Å². The summed E-state index contributed by atoms with van der Waals surface area (Å²) in [6.07, 6.45) is 3.64. The minimum Gasteiger partial charge on any atom is -0.507 e. The molecule has 11 heteroatoms. The summed E-state index contributed by atoms with van der Waals surface area (Å²) in [5.41, 5.74) is 3.44. The molecule has 184 valence electrons. The van der Waals surface area contributed by atoms with Gasteiger partial charge in [0, 0.05) is 47.5 Å². The van der Waals surface area contributed by atoms with Crippen molar-refractivity contribution in [2.45, 2.75) is 12.2 Å². The van der Waals surface area contributed by atoms with Crippen LogP contribution in [0.15, 0.2) is 72.0 Å². The Bertz CT molecular complexity index is 1380. The number of phenolic OH excluding ortho intramolecular Hbond substituents is 1. The molecule has 0 saturated carbocycles. The number of pyridine rings is 1. The zero-order chi connectivity index (χ0) is 26.5. The number of rotatable bonds is 7. The molecular weight excluding hydrogens is 507 g/mol. The van der Waals surface area contributed by atoms with E-state index >= 15 is 0 Å². The molecule has 3 N–H and O–H groups in total. The van der Waals surface area contributed by atoms with Gasteiger partial charge in [0.2, 0.25) is 0 Å². The molecule has 0 spiro atoms. The van der Waals surface area contributed by atoms with Crippen molar-refractivity contribution in [1.29, 1.82) is 5.26 Å². The van der Waals surface area contributed by atoms with E-state index in [9.17, 15) is 23.9 Å². The van der Waals surface area contributed by atoms with Gasteiger partial charge in [-0.15, -0.1) is 0 Å². The van der Waals surface area contributed by atoms with Crippen LogP contribution in [-0.4, -0.2) is 34.4 Å². The summed E-state index contributed by atoms with van der Waals surface area (Å²) >= 11 is 5.97. The van der Waals surface area contributed by atoms with Gasteiger partial charge in [-0.2, -0.15) is 14.0 Å². The van der Waals surface area contributed by atoms with Gasteiger partial charge in [-0.25, -0.2) is 0 Å². The number of allylic oxidation sites excluding steroid dienone is 1. The number of benzene rings is 2. The highest BCUT2D eigenvalue weighted by molar-refractivity contribution is 7.20. The van der Waals surface area contributed by atoms with Crippen LogP contribution in [0.3, 0.4) is 0 Å². The van der Waals surface area contributed by atoms with Crippen LogP contribution in [0.25, 0.3) is 5.70 Å². The lowest BCUT2D eigenvalue weighted by Gasteiger charge is -2.24. The fourth-order valence-electron chi connectivity index (χ4n) is 3.29. The van der Waals surface area contributed by atoms with Crippen molar-refractivity contribution in [3.63, 3.8) is 0 Å². The average molecular weight is 528 g/mol. The lowest BCUT2D eigenvalue weighted by atomic mass is 10.1. The number of phenols is 1. The van der Waals surface area contributed by atoms with Crippen molar-refractivity contribution in [3.05, 3.63) is 94.3 Å². The summed E-state index contributed by atoms with van der Waals surface area (Å²) in [7, 11) is 2.58. The molecule has 3 rings (SSSR count). The number of nitrogens with two attached hydrogens (primary N) is 1. The Morgan fingerprint density at radius 2 is 1.97 bits per heavy atom. The molecule has 1 unspecified atom stereocenters. The predicted octanol–water partition coefficient (Wildman–Crippen LogP) is 5.00. The number of nitrogens with zero attached hydrogens (tertiary/aromatic N) is 4. The number of aromatic nitrogens is 1. The van der Waals surface area contributed by atoms with Crippen LogP contribution in [0.5, 0.6) is 5.75 Å². The van der Waals surface area contributed by atoms with Gasteiger partial charge in [0.15, 0.2) is 0 Å². The Hall–Kier alpha value is -3.86. The molecule has 7 nitrogen and oxygen atoms in total. The predicted molar refractivity (Wildman–Crippen MR) is 139 cm³/mol. The second-order valence-corrected chi connectivity index (χ2v) is 8.79. The molecular formula is C25H21ClF2N5O2P. The Labute approximate surface area is 213 Å². The van der Waals surface area contributed by atoms with E-state index in [-0.39, 0.29) is 34.7 Å². The molecule has 1 amide bonds. The summed E-state index contributed by atoms with van der Waals surface area (Å²) in [5, 5.41) is 20.4. The van der Waals surface area contributed by atoms with E-state index in [1.54, 1.807) is 24.3 Å². The maximum Gasteiger partial charge on any atom is 0.299 e. The minimum atomic E-state index is -3.30. The number of hydrogen-bond acceptors (Lipinski definition) is 6. The zero-order valence-corrected chi connectivity index (χ0v) is 20.9. The van der Waals surface area contributed by atoms with Gasteiger partial charge in [0.25, 0.3) is 11.6 Å². The van der Waals surface area contributed by atoms with Crippen LogP contribution >= 0.6 is 20.8 Å². The smallest absolute Gasteiger partial charge is 0.299 e. The first-order chi connectivity index (χ1) is 17.0. The number of anilines is 1. The fraction of sp³-hybridized carbons (Fsp3) is 0.120. The Balaban J connectivity index is 2.04. The van der Waals surface area contributed by atoms with Gasteiger partial charge >= 0.3 is 0 Å². The quantitative estimate of drug-likeness (QED) is 0.331. The van der Waals surface area contributed by atoms with Gasteiger partial charge in [-0.05, 0) is 42.0 Å². The third-order valence-corrected chi connectivity index (χ3v) is 5.64. The first kappa shape index (κ1) is 26.7. The van der Waals surface area contributed by atoms with Gasteiger partial charge < -0.3 is 15.7 Å². The van der Waals surface area contributed by atoms with E-state index in [1.807, 2.05) is 6.07 Å². The molecule has 3 aromatic rings. The van der Waals surface area contributed by atoms with Crippen LogP contribution in [-0.2, 0) is 6.54 Å². The number of carbonyl (C=O) groups is 1. The summed E-state index contributed by atoms with van der Waals surface area (Å²) in [6, 6.07) is 14.4. The van der Waals surface area contributed by atoms with E-state index in [0.717, 1.165) is 11.6 Å². The number of carbonyl (C=O) groups excluding carboxylic acids is 1. The zero-order valence-electron chi connectivity index (χ0n) is 19.0. The van der Waals surface area contributed by atoms with Crippen molar-refractivity contribution < 1.29 is 18.7 Å². The highest BCUT2D eigenvalue weighted by atomic mass is 35.5. The molecule has 0 bridgehead atoms. The molecule has 0 saturated heterocycles. The topological polar surface area (TPSA) is 116 Å². The number of halogens is 3. The minimum absolute atomic E-state index is 0.0844. The fourth-order valence-corrected chi connectivity index (χ4v) is 3.63. The van der Waals surface area contributed by atoms with Gasteiger partial charge in [-0.3, -0.25) is 14.8 Å². The van der Waals surface area contributed by atoms with Crippen LogP contribution in [0, 0.1) is 11.3 Å². The van der Waals surface area contributed by atoms with Crippen molar-refractivity contribution >= 4 is 43.8 Å². The monoisotopic (exact) mass is 527 g/mol. The molecule has 0 aliphatic rings. The van der Waals surface area contributed by atoms with Crippen LogP contribution in [0.1, 0.15) is 27.0 Å². The van der Waals surface area contributed by atoms with Crippen molar-refractivity contribution in [2.24, 2.45) is 10.7 Å². The highest BCUT2D eigenvalue weighted by Gasteiger charge is 2.28. The third-order valence-electron chi connectivity index (χ3n) is 5.09. The second kappa shape index (κ2) is 11.3. The number of aromatic hydroxyl groups is 1. The second-order valence-electron chi connectivity index (χ2n) is 7.62. The van der Waals surface area contributed by atoms with E-state index in [0.29, 0.717) is 10.7 Å². The number of amides is 1. The van der Waals surface area contributed by atoms with E-state index < -0.39 is 17.3 Å². The standard InChI is InChI=1S/C25H21ClF2N5O2P/c1-31-23(25(27,28)36)10-21(30)20-7-6-19(9-22(20)34)33(14-15-2-4-18(26)5-3-15)24(35)17-8-16(11-29)12-32-13-17/h2-10,12-13,34H,14,30,36H2,1H3/b21-10-,31-23?. The molecule has 0 radical (unpaired) electrons. The Kier molecular flexibility index (Phi) is 8.36. The largest absolute Gasteiger partial charge is 0.507 e. The molecule has 1 heterocycles. The molecule has 2 aromatic carbocycles. The lowest BCUT2D eigenvalue weighted by Crippen LogP contribution is -2.30. The average Bonchev–Trinajstić information content (AvgIpc) is 2.85. The molecule has 36 heavy (non-hydrogen) atoms. The highest BCUT2D eigenvalue weighted by Crippen LogP contribution is 2.32. The molecule has 0 aliphatic heterocycles. The molecule has 1 atom stereocenters. The van der Waals surface area contributed by atoms with Crippen LogP contribution in [0.4, 0.5) is 14.5 Å². The normalized spacial score (nSPS) is 12.2. The SMILES string of the molecule is CN=C(/C=C(\N)c1ccc(N(Cc2ccc(Cl)cc2)C(=O)c2cncc(C#N)c2)cc1O)C(F)(F)P. The summed E-state index contributed by atoms with van der Waals surface area (Å²) in [4.78, 5) is 22.3. The molecule has 1 aromatic heterocycles. The van der Waals surface area contributed by atoms with Crippen LogP contribution < -0.4 is 10.6 Å². The number of nitriles is 1. The number of hydrogen-bond donors (Lipinski definition) is 2. The maximum absolute atomic E-state index is 13.7. The van der Waals surface area contributed by atoms with Crippen LogP contribution in [0.2, 0.25) is 5.02 Å².